The zero-order valence-corrected chi connectivity index (χ0v) is 13.7. The zero-order valence-electron chi connectivity index (χ0n) is 10.7. The molecule has 1 unspecified atom stereocenters. The Hall–Kier alpha value is -1.39. The maximum Gasteiger partial charge on any atom is 0.350 e. The van der Waals surface area contributed by atoms with Gasteiger partial charge in [0.15, 0.2) is 0 Å². The minimum Gasteiger partial charge on any atom is -0.291 e. The molecule has 3 nitrogen and oxygen atoms in total. The van der Waals surface area contributed by atoms with Gasteiger partial charge in [-0.05, 0) is 65.9 Å². The minimum absolute atomic E-state index is 0.183. The molecule has 0 radical (unpaired) electrons. The molecular formula is C15H12INO2S. The van der Waals surface area contributed by atoms with Gasteiger partial charge in [0, 0.05) is 3.57 Å². The molecule has 2 aromatic rings. The van der Waals surface area contributed by atoms with E-state index in [4.69, 9.17) is 6.57 Å². The maximum atomic E-state index is 12.5. The number of benzene rings is 2. The highest BCUT2D eigenvalue weighted by Gasteiger charge is 2.34. The van der Waals surface area contributed by atoms with Crippen LogP contribution in [0.4, 0.5) is 0 Å². The number of halogens is 1. The number of hydrogen-bond acceptors (Lipinski definition) is 2. The molecule has 2 aromatic carbocycles. The van der Waals surface area contributed by atoms with Gasteiger partial charge < -0.3 is 0 Å². The van der Waals surface area contributed by atoms with E-state index >= 15 is 0 Å². The van der Waals surface area contributed by atoms with Crippen LogP contribution < -0.4 is 0 Å². The van der Waals surface area contributed by atoms with Crippen LogP contribution in [0.1, 0.15) is 16.5 Å². The lowest BCUT2D eigenvalue weighted by Crippen LogP contribution is -2.10. The standard InChI is InChI=1S/C15H12INO2S/c1-11-3-9-14(10-4-11)20(18,19)15(17-2)12-5-7-13(16)8-6-12/h3-10,15H,1H3. The van der Waals surface area contributed by atoms with Gasteiger partial charge in [-0.1, -0.05) is 17.7 Å². The minimum atomic E-state index is -3.69. The predicted octanol–water partition coefficient (Wildman–Crippen LogP) is 3.99. The summed E-state index contributed by atoms with van der Waals surface area (Å²) in [7, 11) is -3.69. The summed E-state index contributed by atoms with van der Waals surface area (Å²) in [6.07, 6.45) is 0. The quantitative estimate of drug-likeness (QED) is 0.580. The van der Waals surface area contributed by atoms with Gasteiger partial charge in [-0.15, -0.1) is 0 Å². The van der Waals surface area contributed by atoms with E-state index in [2.05, 4.69) is 27.4 Å². The average Bonchev–Trinajstić information content (AvgIpc) is 2.42. The van der Waals surface area contributed by atoms with Crippen LogP contribution in [-0.2, 0) is 9.84 Å². The van der Waals surface area contributed by atoms with Crippen LogP contribution in [0, 0.1) is 17.1 Å². The monoisotopic (exact) mass is 397 g/mol. The van der Waals surface area contributed by atoms with E-state index < -0.39 is 15.2 Å². The summed E-state index contributed by atoms with van der Waals surface area (Å²) >= 11 is 2.14. The summed E-state index contributed by atoms with van der Waals surface area (Å²) in [5, 5.41) is -1.19. The van der Waals surface area contributed by atoms with Gasteiger partial charge in [0.25, 0.3) is 9.84 Å². The van der Waals surface area contributed by atoms with Crippen molar-refractivity contribution in [2.75, 3.05) is 0 Å². The van der Waals surface area contributed by atoms with E-state index in [1.807, 2.05) is 6.92 Å². The summed E-state index contributed by atoms with van der Waals surface area (Å²) < 4.78 is 26.1. The van der Waals surface area contributed by atoms with Crippen molar-refractivity contribution in [1.29, 1.82) is 0 Å². The molecule has 0 saturated carbocycles. The van der Waals surface area contributed by atoms with Gasteiger partial charge in [-0.25, -0.2) is 15.0 Å². The summed E-state index contributed by atoms with van der Waals surface area (Å²) in [5.74, 6) is 0. The Kier molecular flexibility index (Phi) is 4.45. The molecule has 0 aliphatic heterocycles. The Balaban J connectivity index is 2.48. The molecule has 0 aromatic heterocycles. The van der Waals surface area contributed by atoms with Crippen molar-refractivity contribution >= 4 is 32.4 Å². The molecule has 0 amide bonds. The number of aryl methyl sites for hydroxylation is 1. The maximum absolute atomic E-state index is 12.5. The lowest BCUT2D eigenvalue weighted by atomic mass is 10.2. The van der Waals surface area contributed by atoms with Crippen molar-refractivity contribution in [3.05, 3.63) is 74.6 Å². The normalized spacial score (nSPS) is 12.7. The van der Waals surface area contributed by atoms with Gasteiger partial charge >= 0.3 is 5.37 Å². The molecule has 0 saturated heterocycles. The highest BCUT2D eigenvalue weighted by Crippen LogP contribution is 2.30. The molecule has 5 heteroatoms. The van der Waals surface area contributed by atoms with Crippen LogP contribution in [0.2, 0.25) is 0 Å². The first-order chi connectivity index (χ1) is 9.45. The van der Waals surface area contributed by atoms with Crippen LogP contribution in [-0.4, -0.2) is 8.42 Å². The van der Waals surface area contributed by atoms with E-state index in [1.54, 1.807) is 48.5 Å². The molecule has 0 bridgehead atoms. The van der Waals surface area contributed by atoms with Gasteiger partial charge in [-0.2, -0.15) is 0 Å². The van der Waals surface area contributed by atoms with Crippen LogP contribution in [0.15, 0.2) is 53.4 Å². The van der Waals surface area contributed by atoms with Gasteiger partial charge in [0.1, 0.15) is 0 Å². The number of nitrogens with zero attached hydrogens (tertiary/aromatic N) is 1. The van der Waals surface area contributed by atoms with Crippen LogP contribution >= 0.6 is 22.6 Å². The molecule has 0 spiro atoms. The molecule has 0 N–H and O–H groups in total. The largest absolute Gasteiger partial charge is 0.350 e. The number of hydrogen-bond donors (Lipinski definition) is 0. The fourth-order valence-electron chi connectivity index (χ4n) is 1.81. The van der Waals surface area contributed by atoms with Crippen molar-refractivity contribution in [1.82, 2.24) is 0 Å². The molecule has 1 atom stereocenters. The van der Waals surface area contributed by atoms with E-state index in [1.165, 1.54) is 0 Å². The van der Waals surface area contributed by atoms with Crippen molar-refractivity contribution < 1.29 is 8.42 Å². The van der Waals surface area contributed by atoms with E-state index in [-0.39, 0.29) is 4.90 Å². The third-order valence-electron chi connectivity index (χ3n) is 2.92. The van der Waals surface area contributed by atoms with Crippen LogP contribution in [0.5, 0.6) is 0 Å². The Morgan fingerprint density at radius 2 is 1.60 bits per heavy atom. The van der Waals surface area contributed by atoms with E-state index in [0.717, 1.165) is 9.13 Å². The van der Waals surface area contributed by atoms with Crippen molar-refractivity contribution in [3.8, 4) is 0 Å². The molecule has 2 rings (SSSR count). The molecule has 0 heterocycles. The summed E-state index contributed by atoms with van der Waals surface area (Å²) in [6.45, 7) is 9.13. The van der Waals surface area contributed by atoms with E-state index in [0.29, 0.717) is 5.56 Å². The Morgan fingerprint density at radius 1 is 1.05 bits per heavy atom. The third kappa shape index (κ3) is 3.02. The molecule has 20 heavy (non-hydrogen) atoms. The smallest absolute Gasteiger partial charge is 0.291 e. The Morgan fingerprint density at radius 3 is 2.10 bits per heavy atom. The highest BCUT2D eigenvalue weighted by molar-refractivity contribution is 14.1. The molecule has 102 valence electrons. The molecule has 0 fully saturated rings. The third-order valence-corrected chi connectivity index (χ3v) is 5.53. The second-order valence-corrected chi connectivity index (χ2v) is 7.64. The topological polar surface area (TPSA) is 38.5 Å². The first-order valence-corrected chi connectivity index (χ1v) is 8.50. The van der Waals surface area contributed by atoms with Crippen molar-refractivity contribution in [2.24, 2.45) is 0 Å². The second-order valence-electron chi connectivity index (χ2n) is 4.39. The lowest BCUT2D eigenvalue weighted by Gasteiger charge is -2.08. The zero-order chi connectivity index (χ0) is 14.8. The number of rotatable bonds is 3. The second kappa shape index (κ2) is 5.94. The molecule has 0 aliphatic carbocycles. The van der Waals surface area contributed by atoms with Crippen molar-refractivity contribution in [2.45, 2.75) is 17.2 Å². The molecular weight excluding hydrogens is 385 g/mol. The van der Waals surface area contributed by atoms with Gasteiger partial charge in [0.2, 0.25) is 0 Å². The van der Waals surface area contributed by atoms with Gasteiger partial charge in [-0.3, -0.25) is 4.85 Å². The number of sulfone groups is 1. The van der Waals surface area contributed by atoms with Crippen LogP contribution in [0.3, 0.4) is 0 Å². The van der Waals surface area contributed by atoms with Crippen molar-refractivity contribution in [3.63, 3.8) is 0 Å². The SMILES string of the molecule is [C-]#[N+]C(c1ccc(I)cc1)S(=O)(=O)c1ccc(C)cc1. The predicted molar refractivity (Wildman–Crippen MR) is 86.9 cm³/mol. The summed E-state index contributed by atoms with van der Waals surface area (Å²) in [4.78, 5) is 3.50. The summed E-state index contributed by atoms with van der Waals surface area (Å²) in [6, 6.07) is 13.6. The fraction of sp³-hybridized carbons (Fsp3) is 0.133. The average molecular weight is 397 g/mol. The molecule has 0 aliphatic rings. The summed E-state index contributed by atoms with van der Waals surface area (Å²) in [5.41, 5.74) is 1.48. The first kappa shape index (κ1) is 15.0. The van der Waals surface area contributed by atoms with Gasteiger partial charge in [0.05, 0.1) is 10.5 Å². The highest BCUT2D eigenvalue weighted by atomic mass is 127. The first-order valence-electron chi connectivity index (χ1n) is 5.88. The Bertz CT molecular complexity index is 744. The van der Waals surface area contributed by atoms with Crippen LogP contribution in [0.25, 0.3) is 4.85 Å². The lowest BCUT2D eigenvalue weighted by molar-refractivity contribution is 0.590. The van der Waals surface area contributed by atoms with E-state index in [9.17, 15) is 8.42 Å². The fourth-order valence-corrected chi connectivity index (χ4v) is 3.59. The Labute approximate surface area is 132 Å².